The first kappa shape index (κ1) is 16.8. The van der Waals surface area contributed by atoms with Crippen LogP contribution in [0.3, 0.4) is 0 Å². The number of hydrogen-bond acceptors (Lipinski definition) is 5. The van der Waals surface area contributed by atoms with Crippen molar-refractivity contribution in [1.82, 2.24) is 9.88 Å². The van der Waals surface area contributed by atoms with Crippen LogP contribution in [0, 0.1) is 17.0 Å². The Morgan fingerprint density at radius 1 is 1.55 bits per heavy atom. The molecule has 0 aromatic carbocycles. The maximum absolute atomic E-state index is 10.8. The maximum atomic E-state index is 10.8. The molecule has 0 atom stereocenters. The van der Waals surface area contributed by atoms with E-state index in [9.17, 15) is 10.1 Å². The molecule has 6 nitrogen and oxygen atoms in total. The van der Waals surface area contributed by atoms with Crippen LogP contribution in [0.15, 0.2) is 10.7 Å². The Balaban J connectivity index is 2.57. The van der Waals surface area contributed by atoms with Crippen LogP contribution >= 0.6 is 15.9 Å². The van der Waals surface area contributed by atoms with Gasteiger partial charge in [-0.15, -0.1) is 0 Å². The van der Waals surface area contributed by atoms with Gasteiger partial charge in [0.15, 0.2) is 0 Å². The smallest absolute Gasteiger partial charge is 0.291 e. The van der Waals surface area contributed by atoms with Crippen LogP contribution in [0.4, 0.5) is 11.5 Å². The van der Waals surface area contributed by atoms with Crippen molar-refractivity contribution >= 4 is 27.4 Å². The first-order valence-electron chi connectivity index (χ1n) is 6.58. The van der Waals surface area contributed by atoms with Crippen LogP contribution < -0.4 is 5.32 Å². The van der Waals surface area contributed by atoms with Gasteiger partial charge in [0.1, 0.15) is 12.0 Å². The van der Waals surface area contributed by atoms with E-state index < -0.39 is 4.92 Å². The number of nitro groups is 1. The van der Waals surface area contributed by atoms with E-state index in [4.69, 9.17) is 0 Å². The number of nitrogens with zero attached hydrogens (tertiary/aromatic N) is 3. The highest BCUT2D eigenvalue weighted by Crippen LogP contribution is 2.30. The molecule has 0 amide bonds. The van der Waals surface area contributed by atoms with Gasteiger partial charge in [-0.2, -0.15) is 0 Å². The second-order valence-electron chi connectivity index (χ2n) is 5.04. The largest absolute Gasteiger partial charge is 0.369 e. The fourth-order valence-corrected chi connectivity index (χ4v) is 2.12. The van der Waals surface area contributed by atoms with Crippen molar-refractivity contribution in [3.8, 4) is 0 Å². The summed E-state index contributed by atoms with van der Waals surface area (Å²) in [6.45, 7) is 7.80. The third-order valence-electron chi connectivity index (χ3n) is 3.30. The summed E-state index contributed by atoms with van der Waals surface area (Å²) < 4.78 is 0.656. The van der Waals surface area contributed by atoms with E-state index in [0.29, 0.717) is 21.9 Å². The number of nitrogens with one attached hydrogen (secondary N) is 1. The molecule has 7 heteroatoms. The number of hydrogen-bond donors (Lipinski definition) is 1. The fourth-order valence-electron chi connectivity index (χ4n) is 1.67. The zero-order valence-corrected chi connectivity index (χ0v) is 13.9. The summed E-state index contributed by atoms with van der Waals surface area (Å²) in [5.41, 5.74) is 0.619. The van der Waals surface area contributed by atoms with Gasteiger partial charge in [-0.3, -0.25) is 10.1 Å². The topological polar surface area (TPSA) is 71.3 Å². The summed E-state index contributed by atoms with van der Waals surface area (Å²) in [5.74, 6) is 0.653. The summed E-state index contributed by atoms with van der Waals surface area (Å²) in [6.07, 6.45) is 2.28. The van der Waals surface area contributed by atoms with Gasteiger partial charge in [0.25, 0.3) is 5.69 Å². The minimum Gasteiger partial charge on any atom is -0.369 e. The molecule has 0 fully saturated rings. The second kappa shape index (κ2) is 7.54. The molecule has 0 aliphatic heterocycles. The Bertz CT molecular complexity index is 480. The normalized spacial score (nSPS) is 11.2. The van der Waals surface area contributed by atoms with E-state index in [-0.39, 0.29) is 5.69 Å². The van der Waals surface area contributed by atoms with Gasteiger partial charge < -0.3 is 10.2 Å². The Morgan fingerprint density at radius 3 is 2.75 bits per heavy atom. The third kappa shape index (κ3) is 4.42. The van der Waals surface area contributed by atoms with Crippen molar-refractivity contribution in [3.05, 3.63) is 26.3 Å². The van der Waals surface area contributed by atoms with E-state index in [1.807, 2.05) is 0 Å². The molecule has 1 heterocycles. The van der Waals surface area contributed by atoms with Crippen molar-refractivity contribution < 1.29 is 4.92 Å². The molecule has 112 valence electrons. The lowest BCUT2D eigenvalue weighted by Crippen LogP contribution is -2.28. The lowest BCUT2D eigenvalue weighted by Gasteiger charge is -2.20. The highest BCUT2D eigenvalue weighted by Gasteiger charge is 2.16. The molecule has 0 aliphatic carbocycles. The Labute approximate surface area is 127 Å². The lowest BCUT2D eigenvalue weighted by molar-refractivity contribution is -0.385. The number of rotatable bonds is 7. The van der Waals surface area contributed by atoms with Crippen molar-refractivity contribution in [2.24, 2.45) is 0 Å². The van der Waals surface area contributed by atoms with Crippen LogP contribution in [0.25, 0.3) is 0 Å². The first-order valence-corrected chi connectivity index (χ1v) is 7.37. The molecular weight excluding hydrogens is 324 g/mol. The molecular formula is C13H21BrN4O2. The molecule has 1 aromatic rings. The standard InChI is InChI=1S/C13H21BrN4O2/c1-9(2)17(4)7-5-6-15-13-12(14)10(3)11(8-16-13)18(19)20/h8-9H,5-7H2,1-4H3,(H,15,16). The summed E-state index contributed by atoms with van der Waals surface area (Å²) in [5, 5.41) is 14.0. The van der Waals surface area contributed by atoms with Crippen LogP contribution in [0.5, 0.6) is 0 Å². The predicted molar refractivity (Wildman–Crippen MR) is 84.2 cm³/mol. The summed E-state index contributed by atoms with van der Waals surface area (Å²) in [4.78, 5) is 16.7. The quantitative estimate of drug-likeness (QED) is 0.467. The van der Waals surface area contributed by atoms with Crippen molar-refractivity contribution in [1.29, 1.82) is 0 Å². The molecule has 0 unspecified atom stereocenters. The van der Waals surface area contributed by atoms with Crippen LogP contribution in [0.2, 0.25) is 0 Å². The molecule has 1 rings (SSSR count). The van der Waals surface area contributed by atoms with Gasteiger partial charge in [-0.25, -0.2) is 4.98 Å². The number of anilines is 1. The molecule has 1 aromatic heterocycles. The average Bonchev–Trinajstić information content (AvgIpc) is 2.38. The molecule has 0 aliphatic rings. The molecule has 20 heavy (non-hydrogen) atoms. The van der Waals surface area contributed by atoms with Gasteiger partial charge in [0, 0.05) is 18.2 Å². The van der Waals surface area contributed by atoms with E-state index in [1.54, 1.807) is 6.92 Å². The highest BCUT2D eigenvalue weighted by molar-refractivity contribution is 9.10. The lowest BCUT2D eigenvalue weighted by atomic mass is 10.2. The van der Waals surface area contributed by atoms with Gasteiger partial charge in [-0.05, 0) is 56.7 Å². The van der Waals surface area contributed by atoms with Crippen molar-refractivity contribution in [2.45, 2.75) is 33.2 Å². The van der Waals surface area contributed by atoms with Crippen LogP contribution in [-0.2, 0) is 0 Å². The van der Waals surface area contributed by atoms with Crippen molar-refractivity contribution in [2.75, 3.05) is 25.5 Å². The Hall–Kier alpha value is -1.21. The van der Waals surface area contributed by atoms with Gasteiger partial charge >= 0.3 is 0 Å². The molecule has 0 radical (unpaired) electrons. The molecule has 0 bridgehead atoms. The minimum absolute atomic E-state index is 0.0296. The third-order valence-corrected chi connectivity index (χ3v) is 4.27. The average molecular weight is 345 g/mol. The monoisotopic (exact) mass is 344 g/mol. The van der Waals surface area contributed by atoms with E-state index in [0.717, 1.165) is 19.5 Å². The minimum atomic E-state index is -0.422. The number of halogens is 1. The zero-order chi connectivity index (χ0) is 15.3. The van der Waals surface area contributed by atoms with E-state index in [2.05, 4.69) is 52.0 Å². The van der Waals surface area contributed by atoms with Crippen LogP contribution in [-0.4, -0.2) is 41.0 Å². The molecule has 0 saturated heterocycles. The number of aromatic nitrogens is 1. The molecule has 0 saturated carbocycles. The predicted octanol–water partition coefficient (Wildman–Crippen LogP) is 3.20. The van der Waals surface area contributed by atoms with Crippen LogP contribution in [0.1, 0.15) is 25.8 Å². The summed E-state index contributed by atoms with van der Waals surface area (Å²) in [7, 11) is 2.09. The first-order chi connectivity index (χ1) is 9.34. The molecule has 1 N–H and O–H groups in total. The zero-order valence-electron chi connectivity index (χ0n) is 12.3. The van der Waals surface area contributed by atoms with Crippen molar-refractivity contribution in [3.63, 3.8) is 0 Å². The number of pyridine rings is 1. The van der Waals surface area contributed by atoms with Gasteiger partial charge in [0.2, 0.25) is 0 Å². The van der Waals surface area contributed by atoms with E-state index >= 15 is 0 Å². The van der Waals surface area contributed by atoms with Gasteiger partial charge in [-0.1, -0.05) is 0 Å². The second-order valence-corrected chi connectivity index (χ2v) is 5.84. The summed E-state index contributed by atoms with van der Waals surface area (Å²) >= 11 is 3.36. The maximum Gasteiger partial charge on any atom is 0.291 e. The SMILES string of the molecule is Cc1c([N+](=O)[O-])cnc(NCCCN(C)C(C)C)c1Br. The van der Waals surface area contributed by atoms with E-state index in [1.165, 1.54) is 6.20 Å². The molecule has 0 spiro atoms. The highest BCUT2D eigenvalue weighted by atomic mass is 79.9. The Kier molecular flexibility index (Phi) is 6.35. The Morgan fingerprint density at radius 2 is 2.20 bits per heavy atom. The fraction of sp³-hybridized carbons (Fsp3) is 0.615. The van der Waals surface area contributed by atoms with Gasteiger partial charge in [0.05, 0.1) is 9.40 Å². The summed E-state index contributed by atoms with van der Waals surface area (Å²) in [6, 6.07) is 0.529.